The molecule has 26 heavy (non-hydrogen) atoms. The molecule has 1 heterocycles. The van der Waals surface area contributed by atoms with Crippen molar-refractivity contribution in [2.24, 2.45) is 0 Å². The summed E-state index contributed by atoms with van der Waals surface area (Å²) in [7, 11) is 3.89. The average Bonchev–Trinajstić information content (AvgIpc) is 2.97. The summed E-state index contributed by atoms with van der Waals surface area (Å²) in [5.74, 6) is 1.70. The molecule has 1 aliphatic carbocycles. The van der Waals surface area contributed by atoms with Crippen molar-refractivity contribution in [1.82, 2.24) is 4.90 Å². The topological polar surface area (TPSA) is 38.8 Å². The van der Waals surface area contributed by atoms with Gasteiger partial charge in [-0.2, -0.15) is 0 Å². The summed E-state index contributed by atoms with van der Waals surface area (Å²) in [6.07, 6.45) is 7.59. The Kier molecular flexibility index (Phi) is 5.71. The number of allylic oxidation sites excluding steroid dienone is 1. The molecule has 2 atom stereocenters. The summed E-state index contributed by atoms with van der Waals surface area (Å²) in [4.78, 5) is 14.4. The molecule has 142 valence electrons. The van der Waals surface area contributed by atoms with Crippen LogP contribution in [-0.2, 0) is 14.9 Å². The van der Waals surface area contributed by atoms with Gasteiger partial charge in [0.05, 0.1) is 7.11 Å². The monoisotopic (exact) mass is 357 g/mol. The Morgan fingerprint density at radius 2 is 2.15 bits per heavy atom. The Labute approximate surface area is 157 Å². The van der Waals surface area contributed by atoms with Crippen LogP contribution in [0.25, 0.3) is 0 Å². The molecule has 2 unspecified atom stereocenters. The van der Waals surface area contributed by atoms with E-state index >= 15 is 0 Å². The fourth-order valence-corrected chi connectivity index (χ4v) is 4.50. The lowest BCUT2D eigenvalue weighted by Gasteiger charge is -2.40. The SMILES string of the molecule is CCCCC(=O)OC1=CC2N(C)CCC2(c2ccc(OC)c(C)c2)CC1. The number of esters is 1. The molecule has 2 aliphatic rings. The molecule has 0 aromatic heterocycles. The third-order valence-corrected chi connectivity index (χ3v) is 6.06. The summed E-state index contributed by atoms with van der Waals surface area (Å²) < 4.78 is 11.1. The van der Waals surface area contributed by atoms with Gasteiger partial charge in [0.1, 0.15) is 11.5 Å². The largest absolute Gasteiger partial charge is 0.496 e. The summed E-state index contributed by atoms with van der Waals surface area (Å²) in [6, 6.07) is 6.85. The molecular weight excluding hydrogens is 326 g/mol. The first-order valence-electron chi connectivity index (χ1n) is 9.77. The first-order valence-corrected chi connectivity index (χ1v) is 9.77. The number of hydrogen-bond donors (Lipinski definition) is 0. The van der Waals surface area contributed by atoms with Gasteiger partial charge in [-0.1, -0.05) is 25.5 Å². The molecular formula is C22H31NO3. The third-order valence-electron chi connectivity index (χ3n) is 6.06. The Morgan fingerprint density at radius 1 is 1.35 bits per heavy atom. The molecule has 0 radical (unpaired) electrons. The second-order valence-corrected chi connectivity index (χ2v) is 7.73. The lowest BCUT2D eigenvalue weighted by Crippen LogP contribution is -2.42. The minimum atomic E-state index is -0.0912. The highest BCUT2D eigenvalue weighted by atomic mass is 16.5. The number of likely N-dealkylation sites (tertiary alicyclic amines) is 1. The van der Waals surface area contributed by atoms with Gasteiger partial charge in [0.25, 0.3) is 0 Å². The van der Waals surface area contributed by atoms with Gasteiger partial charge < -0.3 is 9.47 Å². The number of carbonyl (C=O) groups is 1. The standard InChI is InChI=1S/C22H31NO3/c1-5-6-7-21(24)26-18-10-11-22(12-13-23(3)20(22)15-18)17-8-9-19(25-4)16(2)14-17/h8-9,14-15,20H,5-7,10-13H2,1-4H3. The number of aryl methyl sites for hydroxylation is 1. The number of unbranched alkanes of at least 4 members (excludes halogenated alkanes) is 1. The minimum Gasteiger partial charge on any atom is -0.496 e. The van der Waals surface area contributed by atoms with E-state index < -0.39 is 0 Å². The van der Waals surface area contributed by atoms with Crippen LogP contribution >= 0.6 is 0 Å². The number of methoxy groups -OCH3 is 1. The van der Waals surface area contributed by atoms with Crippen LogP contribution in [0, 0.1) is 6.92 Å². The van der Waals surface area contributed by atoms with E-state index in [-0.39, 0.29) is 17.4 Å². The minimum absolute atomic E-state index is 0.0912. The Bertz CT molecular complexity index is 697. The van der Waals surface area contributed by atoms with E-state index in [0.717, 1.165) is 50.2 Å². The van der Waals surface area contributed by atoms with Crippen LogP contribution in [0.1, 0.15) is 56.6 Å². The number of rotatable bonds is 6. The van der Waals surface area contributed by atoms with E-state index in [9.17, 15) is 4.79 Å². The highest BCUT2D eigenvalue weighted by Crippen LogP contribution is 2.48. The van der Waals surface area contributed by atoms with Gasteiger partial charge in [0.15, 0.2) is 0 Å². The summed E-state index contributed by atoms with van der Waals surface area (Å²) in [5.41, 5.74) is 2.65. The molecule has 1 fully saturated rings. The number of hydrogen-bond acceptors (Lipinski definition) is 4. The summed E-state index contributed by atoms with van der Waals surface area (Å²) in [5, 5.41) is 0. The van der Waals surface area contributed by atoms with Crippen LogP contribution < -0.4 is 4.74 Å². The van der Waals surface area contributed by atoms with Gasteiger partial charge in [0, 0.05) is 24.3 Å². The molecule has 4 heteroatoms. The molecule has 0 N–H and O–H groups in total. The molecule has 1 aliphatic heterocycles. The summed E-state index contributed by atoms with van der Waals surface area (Å²) >= 11 is 0. The maximum atomic E-state index is 12.0. The normalized spacial score (nSPS) is 25.5. The average molecular weight is 357 g/mol. The number of likely N-dealkylation sites (N-methyl/N-ethyl adjacent to an activating group) is 1. The van der Waals surface area contributed by atoms with E-state index in [2.05, 4.69) is 50.1 Å². The number of nitrogens with zero attached hydrogens (tertiary/aromatic N) is 1. The van der Waals surface area contributed by atoms with Crippen LogP contribution in [-0.4, -0.2) is 37.6 Å². The summed E-state index contributed by atoms with van der Waals surface area (Å²) in [6.45, 7) is 5.25. The number of benzene rings is 1. The second kappa shape index (κ2) is 7.83. The van der Waals surface area contributed by atoms with Gasteiger partial charge in [-0.05, 0) is 63.0 Å². The van der Waals surface area contributed by atoms with Crippen molar-refractivity contribution < 1.29 is 14.3 Å². The predicted molar refractivity (Wildman–Crippen MR) is 103 cm³/mol. The van der Waals surface area contributed by atoms with Crippen LogP contribution in [0.4, 0.5) is 0 Å². The van der Waals surface area contributed by atoms with E-state index in [1.807, 2.05) is 0 Å². The van der Waals surface area contributed by atoms with E-state index in [0.29, 0.717) is 6.42 Å². The van der Waals surface area contributed by atoms with Gasteiger partial charge in [-0.15, -0.1) is 0 Å². The van der Waals surface area contributed by atoms with Crippen molar-refractivity contribution in [2.75, 3.05) is 20.7 Å². The first kappa shape index (κ1) is 19.0. The maximum absolute atomic E-state index is 12.0. The lowest BCUT2D eigenvalue weighted by atomic mass is 9.68. The zero-order valence-electron chi connectivity index (χ0n) is 16.5. The lowest BCUT2D eigenvalue weighted by molar-refractivity contribution is -0.140. The van der Waals surface area contributed by atoms with Crippen LogP contribution in [0.2, 0.25) is 0 Å². The zero-order chi connectivity index (χ0) is 18.7. The van der Waals surface area contributed by atoms with Gasteiger partial charge in [-0.25, -0.2) is 0 Å². The Hall–Kier alpha value is -1.81. The number of ether oxygens (including phenoxy) is 2. The van der Waals surface area contributed by atoms with Crippen molar-refractivity contribution in [3.63, 3.8) is 0 Å². The molecule has 0 saturated carbocycles. The second-order valence-electron chi connectivity index (χ2n) is 7.73. The van der Waals surface area contributed by atoms with Crippen molar-refractivity contribution in [3.05, 3.63) is 41.2 Å². The molecule has 1 aromatic rings. The van der Waals surface area contributed by atoms with Gasteiger partial charge in [-0.3, -0.25) is 9.69 Å². The van der Waals surface area contributed by atoms with Gasteiger partial charge >= 0.3 is 5.97 Å². The van der Waals surface area contributed by atoms with E-state index in [1.54, 1.807) is 7.11 Å². The van der Waals surface area contributed by atoms with Crippen molar-refractivity contribution in [3.8, 4) is 5.75 Å². The Balaban J connectivity index is 1.85. The van der Waals surface area contributed by atoms with Crippen molar-refractivity contribution in [2.45, 2.75) is 63.8 Å². The van der Waals surface area contributed by atoms with E-state index in [1.165, 1.54) is 11.1 Å². The smallest absolute Gasteiger partial charge is 0.310 e. The highest BCUT2D eigenvalue weighted by Gasteiger charge is 2.48. The quantitative estimate of drug-likeness (QED) is 0.709. The van der Waals surface area contributed by atoms with Crippen LogP contribution in [0.3, 0.4) is 0 Å². The predicted octanol–water partition coefficient (Wildman–Crippen LogP) is 4.36. The fourth-order valence-electron chi connectivity index (χ4n) is 4.50. The Morgan fingerprint density at radius 3 is 2.85 bits per heavy atom. The van der Waals surface area contributed by atoms with Gasteiger partial charge in [0.2, 0.25) is 0 Å². The molecule has 0 spiro atoms. The fraction of sp³-hybridized carbons (Fsp3) is 0.591. The molecule has 0 bridgehead atoms. The molecule has 1 aromatic carbocycles. The maximum Gasteiger partial charge on any atom is 0.310 e. The van der Waals surface area contributed by atoms with Crippen LogP contribution in [0.5, 0.6) is 5.75 Å². The van der Waals surface area contributed by atoms with Crippen LogP contribution in [0.15, 0.2) is 30.0 Å². The number of carbonyl (C=O) groups excluding carboxylic acids is 1. The molecule has 4 nitrogen and oxygen atoms in total. The molecule has 1 saturated heterocycles. The zero-order valence-corrected chi connectivity index (χ0v) is 16.5. The van der Waals surface area contributed by atoms with E-state index in [4.69, 9.17) is 9.47 Å². The third kappa shape index (κ3) is 3.52. The highest BCUT2D eigenvalue weighted by molar-refractivity contribution is 5.70. The first-order chi connectivity index (χ1) is 12.5. The molecule has 3 rings (SSSR count). The van der Waals surface area contributed by atoms with Crippen molar-refractivity contribution in [1.29, 1.82) is 0 Å². The molecule has 0 amide bonds. The number of fused-ring (bicyclic) bond motifs is 1. The van der Waals surface area contributed by atoms with Crippen molar-refractivity contribution >= 4 is 5.97 Å².